The van der Waals surface area contributed by atoms with Gasteiger partial charge in [-0.15, -0.1) is 0 Å². The van der Waals surface area contributed by atoms with Gasteiger partial charge in [0, 0.05) is 5.69 Å². The van der Waals surface area contributed by atoms with E-state index in [1.54, 1.807) is 0 Å². The zero-order valence-electron chi connectivity index (χ0n) is 9.59. The number of hydrogen-bond donors (Lipinski definition) is 2. The smallest absolute Gasteiger partial charge is 0.225 e. The number of rotatable bonds is 3. The van der Waals surface area contributed by atoms with Gasteiger partial charge >= 0.3 is 0 Å². The van der Waals surface area contributed by atoms with Crippen LogP contribution >= 0.6 is 0 Å². The van der Waals surface area contributed by atoms with Crippen LogP contribution in [0.25, 0.3) is 0 Å². The molecule has 0 amide bonds. The largest absolute Gasteiger partial charge is 0.474 e. The molecule has 0 unspecified atom stereocenters. The summed E-state index contributed by atoms with van der Waals surface area (Å²) in [5, 5.41) is 7.49. The Morgan fingerprint density at radius 3 is 2.53 bits per heavy atom. The van der Waals surface area contributed by atoms with E-state index >= 15 is 0 Å². The van der Waals surface area contributed by atoms with Gasteiger partial charge in [-0.2, -0.15) is 0 Å². The number of aromatic nitrogens is 1. The lowest BCUT2D eigenvalue weighted by molar-refractivity contribution is 0.231. The molecule has 0 aromatic carbocycles. The molecule has 0 aliphatic rings. The van der Waals surface area contributed by atoms with Crippen molar-refractivity contribution in [3.05, 3.63) is 22.9 Å². The Morgan fingerprint density at radius 1 is 1.47 bits per heavy atom. The van der Waals surface area contributed by atoms with Crippen LogP contribution in [0.3, 0.4) is 0 Å². The van der Waals surface area contributed by atoms with Crippen LogP contribution in [0.2, 0.25) is 0 Å². The van der Waals surface area contributed by atoms with E-state index in [1.807, 2.05) is 33.8 Å². The number of nitrogen functional groups attached to an aromatic ring is 1. The van der Waals surface area contributed by atoms with Gasteiger partial charge in [-0.3, -0.25) is 5.41 Å². The minimum Gasteiger partial charge on any atom is -0.474 e. The maximum atomic E-state index is 7.49. The fraction of sp³-hybridized carbons (Fsp3) is 0.455. The molecule has 3 N–H and O–H groups in total. The fourth-order valence-corrected chi connectivity index (χ4v) is 1.44. The summed E-state index contributed by atoms with van der Waals surface area (Å²) in [5.41, 5.74) is 7.89. The third-order valence-corrected chi connectivity index (χ3v) is 1.93. The zero-order chi connectivity index (χ0) is 11.6. The van der Waals surface area contributed by atoms with Gasteiger partial charge < -0.3 is 10.5 Å². The molecule has 0 saturated carbocycles. The van der Waals surface area contributed by atoms with Crippen molar-refractivity contribution in [1.29, 1.82) is 5.41 Å². The average Bonchev–Trinajstić information content (AvgIpc) is 1.99. The summed E-state index contributed by atoms with van der Waals surface area (Å²) >= 11 is 0. The Bertz CT molecular complexity index is 386. The first kappa shape index (κ1) is 11.5. The van der Waals surface area contributed by atoms with Crippen LogP contribution in [-0.2, 0) is 0 Å². The molecule has 0 aliphatic carbocycles. The number of nitrogens with zero attached hydrogens (tertiary/aromatic N) is 1. The molecule has 0 bridgehead atoms. The Kier molecular flexibility index (Phi) is 3.29. The minimum absolute atomic E-state index is 0.00403. The predicted octanol–water partition coefficient (Wildman–Crippen LogP) is 1.77. The topological polar surface area (TPSA) is 72.0 Å². The van der Waals surface area contributed by atoms with E-state index in [9.17, 15) is 0 Å². The van der Waals surface area contributed by atoms with Crippen LogP contribution in [0.5, 0.6) is 5.88 Å². The van der Waals surface area contributed by atoms with E-state index in [4.69, 9.17) is 15.9 Å². The summed E-state index contributed by atoms with van der Waals surface area (Å²) in [5.74, 6) is 0.450. The SMILES string of the molecule is Cc1cc(C)c(C(=N)N)c(OC(C)C)n1. The summed E-state index contributed by atoms with van der Waals surface area (Å²) in [6.45, 7) is 7.63. The first-order chi connectivity index (χ1) is 6.91. The molecule has 0 saturated heterocycles. The van der Waals surface area contributed by atoms with Crippen LogP contribution in [0, 0.1) is 19.3 Å². The summed E-state index contributed by atoms with van der Waals surface area (Å²) < 4.78 is 5.54. The van der Waals surface area contributed by atoms with Gasteiger partial charge in [0.15, 0.2) is 0 Å². The molecule has 0 aliphatic heterocycles. The van der Waals surface area contributed by atoms with Gasteiger partial charge in [-0.05, 0) is 39.3 Å². The van der Waals surface area contributed by atoms with Crippen LogP contribution in [0.1, 0.15) is 30.7 Å². The van der Waals surface area contributed by atoms with E-state index in [2.05, 4.69) is 4.98 Å². The summed E-state index contributed by atoms with van der Waals surface area (Å²) in [6, 6.07) is 1.89. The van der Waals surface area contributed by atoms with Gasteiger partial charge in [-0.25, -0.2) is 4.98 Å². The molecule has 15 heavy (non-hydrogen) atoms. The number of aryl methyl sites for hydroxylation is 2. The first-order valence-electron chi connectivity index (χ1n) is 4.91. The highest BCUT2D eigenvalue weighted by Gasteiger charge is 2.13. The zero-order valence-corrected chi connectivity index (χ0v) is 9.59. The van der Waals surface area contributed by atoms with E-state index < -0.39 is 0 Å². The Labute approximate surface area is 90.0 Å². The quantitative estimate of drug-likeness (QED) is 0.586. The number of nitrogens with one attached hydrogen (secondary N) is 1. The molecule has 0 fully saturated rings. The predicted molar refractivity (Wildman–Crippen MR) is 60.5 cm³/mol. The lowest BCUT2D eigenvalue weighted by atomic mass is 10.1. The van der Waals surface area contributed by atoms with Crippen molar-refractivity contribution in [3.63, 3.8) is 0 Å². The van der Waals surface area contributed by atoms with E-state index in [0.717, 1.165) is 11.3 Å². The van der Waals surface area contributed by atoms with Gasteiger partial charge in [0.05, 0.1) is 11.7 Å². The maximum Gasteiger partial charge on any atom is 0.225 e. The van der Waals surface area contributed by atoms with E-state index in [-0.39, 0.29) is 11.9 Å². The molecular formula is C11H17N3O. The molecule has 1 heterocycles. The standard InChI is InChI=1S/C11H17N3O/c1-6(2)15-11-9(10(12)13)7(3)5-8(4)14-11/h5-6H,1-4H3,(H3,12,13). The number of ether oxygens (including phenoxy) is 1. The molecule has 1 rings (SSSR count). The molecule has 4 nitrogen and oxygen atoms in total. The maximum absolute atomic E-state index is 7.49. The molecular weight excluding hydrogens is 190 g/mol. The van der Waals surface area contributed by atoms with Gasteiger partial charge in [0.2, 0.25) is 5.88 Å². The summed E-state index contributed by atoms with van der Waals surface area (Å²) in [4.78, 5) is 4.25. The van der Waals surface area contributed by atoms with Gasteiger partial charge in [-0.1, -0.05) is 0 Å². The van der Waals surface area contributed by atoms with Crippen molar-refractivity contribution in [1.82, 2.24) is 4.98 Å². The van der Waals surface area contributed by atoms with Crippen molar-refractivity contribution in [3.8, 4) is 5.88 Å². The first-order valence-corrected chi connectivity index (χ1v) is 4.91. The second-order valence-electron chi connectivity index (χ2n) is 3.84. The number of amidine groups is 1. The number of hydrogen-bond acceptors (Lipinski definition) is 3. The molecule has 0 atom stereocenters. The van der Waals surface area contributed by atoms with Crippen LogP contribution in [-0.4, -0.2) is 16.9 Å². The normalized spacial score (nSPS) is 10.5. The monoisotopic (exact) mass is 207 g/mol. The van der Waals surface area contributed by atoms with Crippen LogP contribution in [0.15, 0.2) is 6.07 Å². The van der Waals surface area contributed by atoms with Crippen LogP contribution in [0.4, 0.5) is 0 Å². The highest BCUT2D eigenvalue weighted by molar-refractivity contribution is 5.98. The average molecular weight is 207 g/mol. The molecule has 0 radical (unpaired) electrons. The Balaban J connectivity index is 3.27. The molecule has 82 valence electrons. The van der Waals surface area contributed by atoms with E-state index in [1.165, 1.54) is 0 Å². The van der Waals surface area contributed by atoms with Crippen molar-refractivity contribution < 1.29 is 4.74 Å². The highest BCUT2D eigenvalue weighted by Crippen LogP contribution is 2.21. The number of pyridine rings is 1. The van der Waals surface area contributed by atoms with Gasteiger partial charge in [0.1, 0.15) is 5.84 Å². The van der Waals surface area contributed by atoms with Crippen molar-refractivity contribution in [2.45, 2.75) is 33.8 Å². The van der Waals surface area contributed by atoms with Crippen molar-refractivity contribution in [2.75, 3.05) is 0 Å². The number of nitrogens with two attached hydrogens (primary N) is 1. The minimum atomic E-state index is -0.00403. The second-order valence-corrected chi connectivity index (χ2v) is 3.84. The lowest BCUT2D eigenvalue weighted by Gasteiger charge is -2.14. The van der Waals surface area contributed by atoms with Gasteiger partial charge in [0.25, 0.3) is 0 Å². The third-order valence-electron chi connectivity index (χ3n) is 1.93. The summed E-state index contributed by atoms with van der Waals surface area (Å²) in [7, 11) is 0. The molecule has 0 spiro atoms. The van der Waals surface area contributed by atoms with Crippen LogP contribution < -0.4 is 10.5 Å². The lowest BCUT2D eigenvalue weighted by Crippen LogP contribution is -2.18. The Morgan fingerprint density at radius 2 is 2.07 bits per heavy atom. The van der Waals surface area contributed by atoms with Crippen molar-refractivity contribution in [2.24, 2.45) is 5.73 Å². The van der Waals surface area contributed by atoms with E-state index in [0.29, 0.717) is 11.4 Å². The molecule has 4 heteroatoms. The Hall–Kier alpha value is -1.58. The fourth-order valence-electron chi connectivity index (χ4n) is 1.44. The van der Waals surface area contributed by atoms with Crippen molar-refractivity contribution >= 4 is 5.84 Å². The second kappa shape index (κ2) is 4.29. The highest BCUT2D eigenvalue weighted by atomic mass is 16.5. The molecule has 1 aromatic heterocycles. The summed E-state index contributed by atoms with van der Waals surface area (Å²) in [6.07, 6.45) is 0.0248. The third kappa shape index (κ3) is 2.68. The molecule has 1 aromatic rings.